The first kappa shape index (κ1) is 30.1. The largest absolute Gasteiger partial charge is 0.399 e. The predicted molar refractivity (Wildman–Crippen MR) is 190 cm³/mol. The third kappa shape index (κ3) is 8.80. The van der Waals surface area contributed by atoms with Crippen LogP contribution in [0.15, 0.2) is 121 Å². The predicted octanol–water partition coefficient (Wildman–Crippen LogP) is 6.58. The van der Waals surface area contributed by atoms with Gasteiger partial charge in [-0.2, -0.15) is 0 Å². The Balaban J connectivity index is 1.11. The van der Waals surface area contributed by atoms with E-state index in [2.05, 4.69) is 58.6 Å². The summed E-state index contributed by atoms with van der Waals surface area (Å²) in [4.78, 5) is 1.33. The van der Waals surface area contributed by atoms with E-state index in [0.717, 1.165) is 55.9 Å². The fourth-order valence-electron chi connectivity index (χ4n) is 4.20. The summed E-state index contributed by atoms with van der Waals surface area (Å²) in [5.41, 5.74) is 20.7. The average Bonchev–Trinajstić information content (AvgIpc) is 3.06. The fraction of sp³-hybridized carbons (Fsp3) is 0.0526. The Morgan fingerprint density at radius 3 is 1.14 bits per heavy atom. The zero-order valence-corrected chi connectivity index (χ0v) is 25.6. The van der Waals surface area contributed by atoms with Gasteiger partial charge in [-0.1, -0.05) is 90.6 Å². The highest BCUT2D eigenvalue weighted by Gasteiger charge is 2.06. The summed E-state index contributed by atoms with van der Waals surface area (Å²) >= 11 is 11.4. The van der Waals surface area contributed by atoms with E-state index in [9.17, 15) is 0 Å². The molecule has 0 spiro atoms. The lowest BCUT2D eigenvalue weighted by molar-refractivity contribution is 0.926. The zero-order chi connectivity index (χ0) is 30.7. The minimum Gasteiger partial charge on any atom is -0.399 e. The molecule has 0 aromatic heterocycles. The molecule has 0 aliphatic rings. The van der Waals surface area contributed by atoms with E-state index in [-0.39, 0.29) is 0 Å². The van der Waals surface area contributed by atoms with Gasteiger partial charge in [0.2, 0.25) is 0 Å². The summed E-state index contributed by atoms with van der Waals surface area (Å²) in [6.45, 7) is 1.22. The second kappa shape index (κ2) is 14.7. The summed E-state index contributed by atoms with van der Waals surface area (Å²) in [6, 6.07) is 39.3. The first-order valence-corrected chi connectivity index (χ1v) is 14.8. The number of thiocarbonyl (C=S) groups is 2. The van der Waals surface area contributed by atoms with E-state index in [1.54, 1.807) is 0 Å². The maximum atomic E-state index is 5.74. The minimum absolute atomic E-state index is 0.609. The first-order chi connectivity index (χ1) is 21.4. The lowest BCUT2D eigenvalue weighted by Gasteiger charge is -2.12. The average molecular weight is 607 g/mol. The third-order valence-corrected chi connectivity index (χ3v) is 7.48. The van der Waals surface area contributed by atoms with Crippen LogP contribution in [0, 0.1) is 23.7 Å². The topological polar surface area (TPSA) is 76.1 Å². The van der Waals surface area contributed by atoms with E-state index in [1.807, 2.05) is 97.1 Å². The molecule has 6 heteroatoms. The zero-order valence-electron chi connectivity index (χ0n) is 23.9. The molecule has 0 saturated heterocycles. The number of nitrogens with one attached hydrogen (secondary N) is 2. The van der Waals surface area contributed by atoms with Crippen LogP contribution in [0.2, 0.25) is 0 Å². The van der Waals surface area contributed by atoms with Crippen molar-refractivity contribution in [3.05, 3.63) is 166 Å². The number of benzene rings is 5. The molecule has 5 aromatic carbocycles. The van der Waals surface area contributed by atoms with Crippen LogP contribution >= 0.6 is 24.4 Å². The number of hydrogen-bond acceptors (Lipinski definition) is 4. The summed E-state index contributed by atoms with van der Waals surface area (Å²) in [5.74, 6) is 12.7. The molecule has 4 nitrogen and oxygen atoms in total. The van der Waals surface area contributed by atoms with Crippen molar-refractivity contribution >= 4 is 45.8 Å². The van der Waals surface area contributed by atoms with Gasteiger partial charge in [0.25, 0.3) is 0 Å². The highest BCUT2D eigenvalue weighted by Crippen LogP contribution is 2.11. The Labute approximate surface area is 269 Å². The highest BCUT2D eigenvalue weighted by molar-refractivity contribution is 7.81. The van der Waals surface area contributed by atoms with Gasteiger partial charge < -0.3 is 22.1 Å². The molecule has 5 rings (SSSR count). The van der Waals surface area contributed by atoms with Gasteiger partial charge in [0.1, 0.15) is 9.98 Å². The first-order valence-electron chi connectivity index (χ1n) is 14.0. The Morgan fingerprint density at radius 1 is 0.477 bits per heavy atom. The number of rotatable bonds is 6. The van der Waals surface area contributed by atoms with Crippen molar-refractivity contribution in [3.63, 3.8) is 0 Å². The molecule has 6 N–H and O–H groups in total. The Kier molecular flexibility index (Phi) is 10.0. The third-order valence-electron chi connectivity index (χ3n) is 6.72. The van der Waals surface area contributed by atoms with Crippen LogP contribution in [0.5, 0.6) is 0 Å². The smallest absolute Gasteiger partial charge is 0.106 e. The second-order valence-electron chi connectivity index (χ2n) is 10.1. The molecule has 0 aliphatic carbocycles. The molecular weight excluding hydrogens is 577 g/mol. The minimum atomic E-state index is 0.609. The van der Waals surface area contributed by atoms with Crippen LogP contribution in [0.1, 0.15) is 44.5 Å². The van der Waals surface area contributed by atoms with Crippen LogP contribution < -0.4 is 22.1 Å². The number of nitrogen functional groups attached to an aromatic ring is 2. The van der Waals surface area contributed by atoms with Crippen LogP contribution in [-0.2, 0) is 13.1 Å². The maximum absolute atomic E-state index is 5.74. The van der Waals surface area contributed by atoms with Crippen molar-refractivity contribution in [1.82, 2.24) is 10.6 Å². The molecule has 0 unspecified atom stereocenters. The fourth-order valence-corrected chi connectivity index (χ4v) is 4.60. The molecule has 0 heterocycles. The van der Waals surface area contributed by atoms with E-state index in [4.69, 9.17) is 35.9 Å². The Bertz CT molecular complexity index is 1750. The Hall–Kier alpha value is -5.40. The van der Waals surface area contributed by atoms with Crippen LogP contribution in [0.4, 0.5) is 11.4 Å². The monoisotopic (exact) mass is 606 g/mol. The van der Waals surface area contributed by atoms with Crippen molar-refractivity contribution in [3.8, 4) is 23.7 Å². The molecule has 0 amide bonds. The molecule has 0 radical (unpaired) electrons. The van der Waals surface area contributed by atoms with Crippen molar-refractivity contribution in [2.45, 2.75) is 13.1 Å². The van der Waals surface area contributed by atoms with Gasteiger partial charge in [-0.15, -0.1) is 0 Å². The van der Waals surface area contributed by atoms with Crippen molar-refractivity contribution in [2.75, 3.05) is 11.5 Å². The van der Waals surface area contributed by atoms with E-state index >= 15 is 0 Å². The molecule has 0 atom stereocenters. The van der Waals surface area contributed by atoms with Crippen molar-refractivity contribution < 1.29 is 0 Å². The summed E-state index contributed by atoms with van der Waals surface area (Å²) in [7, 11) is 0. The van der Waals surface area contributed by atoms with Crippen LogP contribution in [-0.4, -0.2) is 9.98 Å². The molecule has 0 saturated carbocycles. The molecule has 44 heavy (non-hydrogen) atoms. The lowest BCUT2D eigenvalue weighted by Crippen LogP contribution is -2.24. The number of anilines is 2. The van der Waals surface area contributed by atoms with Gasteiger partial charge in [0, 0.05) is 57.8 Å². The van der Waals surface area contributed by atoms with E-state index in [1.165, 1.54) is 0 Å². The summed E-state index contributed by atoms with van der Waals surface area (Å²) in [6.07, 6.45) is 0. The standard InChI is InChI=1S/C38H30N4S2/c39-35-20-16-29(17-21-35)6-4-27-8-12-31(13-9-27)25-41-37(43)33-2-1-3-34(24-33)38(44)42-26-32-14-10-28(11-15-32)5-7-30-18-22-36(40)23-19-30/h1-3,8-24H,25-26,39-40H2,(H,41,43)(H,42,44). The Morgan fingerprint density at radius 2 is 0.795 bits per heavy atom. The lowest BCUT2D eigenvalue weighted by atomic mass is 10.1. The van der Waals surface area contributed by atoms with E-state index in [0.29, 0.717) is 23.1 Å². The molecule has 0 aliphatic heterocycles. The van der Waals surface area contributed by atoms with Crippen LogP contribution in [0.25, 0.3) is 0 Å². The molecule has 5 aromatic rings. The van der Waals surface area contributed by atoms with Gasteiger partial charge in [-0.25, -0.2) is 0 Å². The molecule has 0 bridgehead atoms. The van der Waals surface area contributed by atoms with Gasteiger partial charge in [0.15, 0.2) is 0 Å². The van der Waals surface area contributed by atoms with Crippen molar-refractivity contribution in [1.29, 1.82) is 0 Å². The number of nitrogens with two attached hydrogens (primary N) is 2. The summed E-state index contributed by atoms with van der Waals surface area (Å²) in [5, 5.41) is 6.71. The quantitative estimate of drug-likeness (QED) is 0.0994. The normalized spacial score (nSPS) is 10.0. The maximum Gasteiger partial charge on any atom is 0.106 e. The summed E-state index contributed by atoms with van der Waals surface area (Å²) < 4.78 is 0. The van der Waals surface area contributed by atoms with Crippen LogP contribution in [0.3, 0.4) is 0 Å². The van der Waals surface area contributed by atoms with E-state index < -0.39 is 0 Å². The number of hydrogen-bond donors (Lipinski definition) is 4. The van der Waals surface area contributed by atoms with Gasteiger partial charge in [-0.3, -0.25) is 0 Å². The van der Waals surface area contributed by atoms with Crippen molar-refractivity contribution in [2.24, 2.45) is 0 Å². The molecular formula is C38H30N4S2. The molecule has 214 valence electrons. The SMILES string of the molecule is Nc1ccc(C#Cc2ccc(CNC(=S)c3cccc(C(=S)NCc4ccc(C#Cc5ccc(N)cc5)cc4)c3)cc2)cc1. The second-order valence-corrected chi connectivity index (χ2v) is 10.9. The van der Waals surface area contributed by atoms with Gasteiger partial charge in [-0.05, 0) is 90.0 Å². The van der Waals surface area contributed by atoms with Gasteiger partial charge in [0.05, 0.1) is 0 Å². The highest BCUT2D eigenvalue weighted by atomic mass is 32.1. The molecule has 0 fully saturated rings. The van der Waals surface area contributed by atoms with Gasteiger partial charge >= 0.3 is 0 Å².